The first kappa shape index (κ1) is 28.1. The topological polar surface area (TPSA) is 164 Å². The fourth-order valence-corrected chi connectivity index (χ4v) is 5.20. The van der Waals surface area contributed by atoms with Gasteiger partial charge in [0.25, 0.3) is 11.4 Å². The SMILES string of the molecule is O=C1OC(C/C(=N/N=C(/CC2OC(=O)c3ccccc32)c2ccc([N+](=O)[O-])cc2)c2ccc([N+](=O)[O-])cc2)c2ccccc21. The summed E-state index contributed by atoms with van der Waals surface area (Å²) in [7, 11) is 0. The number of nitro groups is 2. The number of hydrogen-bond donors (Lipinski definition) is 0. The van der Waals surface area contributed by atoms with E-state index >= 15 is 0 Å². The summed E-state index contributed by atoms with van der Waals surface area (Å²) in [5.41, 5.74) is 3.80. The second-order valence-electron chi connectivity index (χ2n) is 10.1. The molecule has 2 atom stereocenters. The average Bonchev–Trinajstić information content (AvgIpc) is 3.53. The number of nitro benzene ring substituents is 2. The van der Waals surface area contributed by atoms with Crippen molar-refractivity contribution < 1.29 is 28.9 Å². The predicted octanol–water partition coefficient (Wildman–Crippen LogP) is 6.30. The Balaban J connectivity index is 1.42. The van der Waals surface area contributed by atoms with Crippen molar-refractivity contribution in [2.24, 2.45) is 10.2 Å². The van der Waals surface area contributed by atoms with Crippen molar-refractivity contribution >= 4 is 34.7 Å². The minimum atomic E-state index is -0.673. The van der Waals surface area contributed by atoms with Crippen molar-refractivity contribution in [3.8, 4) is 0 Å². The molecule has 4 aromatic carbocycles. The van der Waals surface area contributed by atoms with Gasteiger partial charge in [0, 0.05) is 48.2 Å². The normalized spacial score (nSPS) is 17.5. The Morgan fingerprint density at radius 1 is 0.591 bits per heavy atom. The maximum atomic E-state index is 12.5. The lowest BCUT2D eigenvalue weighted by atomic mass is 9.97. The monoisotopic (exact) mass is 590 g/mol. The molecule has 12 nitrogen and oxygen atoms in total. The molecule has 2 aliphatic heterocycles. The quantitative estimate of drug-likeness (QED) is 0.0948. The van der Waals surface area contributed by atoms with Gasteiger partial charge in [0.05, 0.1) is 32.4 Å². The highest BCUT2D eigenvalue weighted by Gasteiger charge is 2.33. The number of non-ortho nitro benzene ring substituents is 2. The number of nitrogens with zero attached hydrogens (tertiary/aromatic N) is 4. The molecule has 0 saturated heterocycles. The van der Waals surface area contributed by atoms with Crippen molar-refractivity contribution in [3.05, 3.63) is 151 Å². The zero-order chi connectivity index (χ0) is 30.8. The zero-order valence-corrected chi connectivity index (χ0v) is 22.9. The molecule has 44 heavy (non-hydrogen) atoms. The number of carbonyl (C=O) groups excluding carboxylic acids is 2. The highest BCUT2D eigenvalue weighted by atomic mass is 16.6. The predicted molar refractivity (Wildman–Crippen MR) is 158 cm³/mol. The smallest absolute Gasteiger partial charge is 0.339 e. The lowest BCUT2D eigenvalue weighted by Crippen LogP contribution is -2.11. The molecule has 0 spiro atoms. The maximum Gasteiger partial charge on any atom is 0.339 e. The second-order valence-corrected chi connectivity index (χ2v) is 10.1. The molecule has 218 valence electrons. The van der Waals surface area contributed by atoms with Crippen LogP contribution in [0.5, 0.6) is 0 Å². The molecule has 0 aromatic heterocycles. The summed E-state index contributed by atoms with van der Waals surface area (Å²) < 4.78 is 11.3. The third-order valence-corrected chi connectivity index (χ3v) is 7.43. The van der Waals surface area contributed by atoms with E-state index in [1.807, 2.05) is 0 Å². The van der Waals surface area contributed by atoms with E-state index in [-0.39, 0.29) is 24.2 Å². The Labute approximate surface area is 249 Å². The first-order valence-corrected chi connectivity index (χ1v) is 13.5. The molecule has 0 aliphatic carbocycles. The Morgan fingerprint density at radius 3 is 1.32 bits per heavy atom. The number of hydrogen-bond acceptors (Lipinski definition) is 10. The highest BCUT2D eigenvalue weighted by Crippen LogP contribution is 2.36. The van der Waals surface area contributed by atoms with Crippen LogP contribution in [0.3, 0.4) is 0 Å². The van der Waals surface area contributed by atoms with Crippen molar-refractivity contribution in [2.45, 2.75) is 25.0 Å². The summed E-state index contributed by atoms with van der Waals surface area (Å²) in [6.45, 7) is 0. The molecule has 2 heterocycles. The van der Waals surface area contributed by atoms with E-state index in [0.717, 1.165) is 0 Å². The third kappa shape index (κ3) is 5.55. The van der Waals surface area contributed by atoms with Gasteiger partial charge in [-0.05, 0) is 47.5 Å². The molecule has 0 N–H and O–H groups in total. The standard InChI is InChI=1S/C32H22N4O8/c37-31-25-7-3-1-5-23(25)29(43-31)17-27(19-9-13-21(14-10-19)35(39)40)33-34-28(20-11-15-22(16-12-20)36(41)42)18-30-24-6-2-4-8-26(24)32(38)44-30/h1-16,29-30H,17-18H2/b33-27-,34-28-. The molecule has 4 aromatic rings. The molecule has 2 aliphatic rings. The van der Waals surface area contributed by atoms with Crippen LogP contribution in [-0.2, 0) is 9.47 Å². The molecule has 0 radical (unpaired) electrons. The van der Waals surface area contributed by atoms with Gasteiger partial charge in [0.15, 0.2) is 0 Å². The molecular formula is C32H22N4O8. The van der Waals surface area contributed by atoms with E-state index in [9.17, 15) is 29.8 Å². The first-order valence-electron chi connectivity index (χ1n) is 13.5. The summed E-state index contributed by atoms with van der Waals surface area (Å²) >= 11 is 0. The van der Waals surface area contributed by atoms with E-state index < -0.39 is 34.0 Å². The van der Waals surface area contributed by atoms with Crippen molar-refractivity contribution in [1.29, 1.82) is 0 Å². The number of carbonyl (C=O) groups is 2. The highest BCUT2D eigenvalue weighted by molar-refractivity contribution is 6.05. The van der Waals surface area contributed by atoms with Crippen molar-refractivity contribution in [1.82, 2.24) is 0 Å². The van der Waals surface area contributed by atoms with Crippen LogP contribution in [0.25, 0.3) is 0 Å². The van der Waals surface area contributed by atoms with E-state index in [1.54, 1.807) is 48.5 Å². The minimum absolute atomic E-state index is 0.109. The van der Waals surface area contributed by atoms with Gasteiger partial charge in [-0.3, -0.25) is 20.2 Å². The molecule has 0 amide bonds. The average molecular weight is 591 g/mol. The summed E-state index contributed by atoms with van der Waals surface area (Å²) in [4.78, 5) is 46.5. The van der Waals surface area contributed by atoms with Gasteiger partial charge in [-0.25, -0.2) is 9.59 Å². The number of esters is 2. The number of benzene rings is 4. The van der Waals surface area contributed by atoms with Crippen LogP contribution in [0.1, 0.15) is 68.0 Å². The van der Waals surface area contributed by atoms with Crippen LogP contribution >= 0.6 is 0 Å². The van der Waals surface area contributed by atoms with E-state index in [4.69, 9.17) is 9.47 Å². The fraction of sp³-hybridized carbons (Fsp3) is 0.125. The molecule has 0 saturated carbocycles. The van der Waals surface area contributed by atoms with Crippen LogP contribution in [0.15, 0.2) is 107 Å². The summed E-state index contributed by atoms with van der Waals surface area (Å²) in [5.74, 6) is -0.934. The van der Waals surface area contributed by atoms with Crippen LogP contribution < -0.4 is 0 Å². The Bertz CT molecular complexity index is 1730. The van der Waals surface area contributed by atoms with Crippen molar-refractivity contribution in [2.75, 3.05) is 0 Å². The van der Waals surface area contributed by atoms with Gasteiger partial charge in [0.2, 0.25) is 0 Å². The summed E-state index contributed by atoms with van der Waals surface area (Å²) in [5, 5.41) is 31.6. The number of rotatable bonds is 9. The van der Waals surface area contributed by atoms with Crippen LogP contribution in [0.4, 0.5) is 11.4 Å². The number of fused-ring (bicyclic) bond motifs is 2. The van der Waals surface area contributed by atoms with Gasteiger partial charge in [-0.2, -0.15) is 10.2 Å². The lowest BCUT2D eigenvalue weighted by Gasteiger charge is -2.14. The van der Waals surface area contributed by atoms with E-state index in [0.29, 0.717) is 44.8 Å². The van der Waals surface area contributed by atoms with Gasteiger partial charge in [0.1, 0.15) is 12.2 Å². The van der Waals surface area contributed by atoms with Gasteiger partial charge >= 0.3 is 11.9 Å². The van der Waals surface area contributed by atoms with Gasteiger partial charge in [-0.15, -0.1) is 0 Å². The molecule has 2 unspecified atom stereocenters. The van der Waals surface area contributed by atoms with Crippen LogP contribution in [0, 0.1) is 20.2 Å². The number of cyclic esters (lactones) is 2. The molecule has 0 bridgehead atoms. The Morgan fingerprint density at radius 2 is 0.955 bits per heavy atom. The summed E-state index contributed by atoms with van der Waals surface area (Å²) in [6, 6.07) is 25.5. The largest absolute Gasteiger partial charge is 0.453 e. The maximum absolute atomic E-state index is 12.5. The van der Waals surface area contributed by atoms with Crippen molar-refractivity contribution in [3.63, 3.8) is 0 Å². The number of ether oxygens (including phenoxy) is 2. The molecule has 0 fully saturated rings. The second kappa shape index (κ2) is 11.7. The fourth-order valence-electron chi connectivity index (χ4n) is 5.20. The molecule has 6 rings (SSSR count). The third-order valence-electron chi connectivity index (χ3n) is 7.43. The minimum Gasteiger partial charge on any atom is -0.453 e. The zero-order valence-electron chi connectivity index (χ0n) is 22.9. The Hall–Kier alpha value is -6.04. The molecule has 12 heteroatoms. The van der Waals surface area contributed by atoms with Crippen LogP contribution in [0.2, 0.25) is 0 Å². The Kier molecular flexibility index (Phi) is 7.46. The van der Waals surface area contributed by atoms with Crippen LogP contribution in [-0.4, -0.2) is 33.2 Å². The van der Waals surface area contributed by atoms with E-state index in [1.165, 1.54) is 48.5 Å². The van der Waals surface area contributed by atoms with Gasteiger partial charge < -0.3 is 9.47 Å². The van der Waals surface area contributed by atoms with Gasteiger partial charge in [-0.1, -0.05) is 36.4 Å². The molecular weight excluding hydrogens is 568 g/mol. The summed E-state index contributed by atoms with van der Waals surface area (Å²) in [6.07, 6.45) is -1.13. The van der Waals surface area contributed by atoms with E-state index in [2.05, 4.69) is 10.2 Å². The first-order chi connectivity index (χ1) is 21.3. The lowest BCUT2D eigenvalue weighted by molar-refractivity contribution is -0.385.